The number of hydrogen-bond donors (Lipinski definition) is 3. The maximum Gasteiger partial charge on any atom is 0.325 e. The highest BCUT2D eigenvalue weighted by Gasteiger charge is 2.34. The summed E-state index contributed by atoms with van der Waals surface area (Å²) in [5, 5.41) is 13.8. The minimum absolute atomic E-state index is 0.0488. The Kier molecular flexibility index (Phi) is 5.75. The van der Waals surface area contributed by atoms with Gasteiger partial charge in [-0.3, -0.25) is 9.59 Å². The van der Waals surface area contributed by atoms with Crippen molar-refractivity contribution in [2.75, 3.05) is 19.8 Å². The zero-order chi connectivity index (χ0) is 15.3. The fourth-order valence-electron chi connectivity index (χ4n) is 1.77. The van der Waals surface area contributed by atoms with Crippen molar-refractivity contribution in [3.63, 3.8) is 0 Å². The van der Waals surface area contributed by atoms with Gasteiger partial charge in [0.25, 0.3) is 0 Å². The number of ether oxygens (including phenoxy) is 1. The molecule has 1 aliphatic heterocycles. The van der Waals surface area contributed by atoms with Crippen molar-refractivity contribution >= 4 is 17.9 Å². The molecule has 2 atom stereocenters. The lowest BCUT2D eigenvalue weighted by molar-refractivity contribution is -0.138. The summed E-state index contributed by atoms with van der Waals surface area (Å²) >= 11 is 0. The molecule has 1 fully saturated rings. The number of carboxylic acid groups (broad SMARTS) is 1. The SMILES string of the molecule is CC(C)NC(=O)C1COCCN1C(=O)N[C@H](C)C(=O)O. The highest BCUT2D eigenvalue weighted by molar-refractivity contribution is 5.89. The van der Waals surface area contributed by atoms with Crippen LogP contribution >= 0.6 is 0 Å². The first kappa shape index (κ1) is 16.2. The van der Waals surface area contributed by atoms with Gasteiger partial charge in [-0.25, -0.2) is 4.79 Å². The minimum atomic E-state index is -1.13. The second kappa shape index (κ2) is 7.09. The minimum Gasteiger partial charge on any atom is -0.480 e. The largest absolute Gasteiger partial charge is 0.480 e. The Morgan fingerprint density at radius 1 is 1.25 bits per heavy atom. The van der Waals surface area contributed by atoms with Crippen LogP contribution in [0.1, 0.15) is 20.8 Å². The molecule has 0 spiro atoms. The van der Waals surface area contributed by atoms with Crippen molar-refractivity contribution in [2.24, 2.45) is 0 Å². The predicted octanol–water partition coefficient (Wildman–Crippen LogP) is -0.605. The van der Waals surface area contributed by atoms with Crippen LogP contribution in [0.4, 0.5) is 4.79 Å². The summed E-state index contributed by atoms with van der Waals surface area (Å²) in [6, 6.07) is -2.38. The molecule has 0 radical (unpaired) electrons. The van der Waals surface area contributed by atoms with Crippen LogP contribution in [0, 0.1) is 0 Å². The van der Waals surface area contributed by atoms with Gasteiger partial charge in [-0.15, -0.1) is 0 Å². The van der Waals surface area contributed by atoms with Crippen molar-refractivity contribution in [1.82, 2.24) is 15.5 Å². The van der Waals surface area contributed by atoms with E-state index < -0.39 is 24.1 Å². The molecule has 0 aromatic carbocycles. The Balaban J connectivity index is 2.70. The highest BCUT2D eigenvalue weighted by atomic mass is 16.5. The topological polar surface area (TPSA) is 108 Å². The van der Waals surface area contributed by atoms with E-state index in [-0.39, 0.29) is 25.1 Å². The van der Waals surface area contributed by atoms with E-state index in [0.717, 1.165) is 0 Å². The molecule has 1 saturated heterocycles. The number of carbonyl (C=O) groups is 3. The number of rotatable bonds is 4. The second-order valence-corrected chi connectivity index (χ2v) is 4.96. The molecule has 1 heterocycles. The number of carboxylic acids is 1. The van der Waals surface area contributed by atoms with Crippen LogP contribution in [0.2, 0.25) is 0 Å². The molecular weight excluding hydrogens is 266 g/mol. The molecule has 0 saturated carbocycles. The predicted molar refractivity (Wildman–Crippen MR) is 70.2 cm³/mol. The van der Waals surface area contributed by atoms with Gasteiger partial charge in [0, 0.05) is 12.6 Å². The highest BCUT2D eigenvalue weighted by Crippen LogP contribution is 2.08. The fraction of sp³-hybridized carbons (Fsp3) is 0.750. The Hall–Kier alpha value is -1.83. The van der Waals surface area contributed by atoms with E-state index in [1.165, 1.54) is 11.8 Å². The van der Waals surface area contributed by atoms with Crippen LogP contribution in [-0.4, -0.2) is 65.8 Å². The van der Waals surface area contributed by atoms with E-state index in [2.05, 4.69) is 10.6 Å². The van der Waals surface area contributed by atoms with Gasteiger partial charge in [-0.1, -0.05) is 0 Å². The third-order valence-corrected chi connectivity index (χ3v) is 2.83. The van der Waals surface area contributed by atoms with E-state index >= 15 is 0 Å². The van der Waals surface area contributed by atoms with E-state index in [9.17, 15) is 14.4 Å². The van der Waals surface area contributed by atoms with Crippen molar-refractivity contribution in [3.05, 3.63) is 0 Å². The van der Waals surface area contributed by atoms with Crippen molar-refractivity contribution in [2.45, 2.75) is 38.9 Å². The first-order valence-corrected chi connectivity index (χ1v) is 6.51. The van der Waals surface area contributed by atoms with Gasteiger partial charge in [0.1, 0.15) is 12.1 Å². The van der Waals surface area contributed by atoms with Crippen LogP contribution < -0.4 is 10.6 Å². The third kappa shape index (κ3) is 4.37. The quantitative estimate of drug-likeness (QED) is 0.639. The average molecular weight is 287 g/mol. The maximum atomic E-state index is 12.0. The number of urea groups is 1. The van der Waals surface area contributed by atoms with Gasteiger partial charge in [0.05, 0.1) is 13.2 Å². The van der Waals surface area contributed by atoms with E-state index in [4.69, 9.17) is 9.84 Å². The molecule has 0 aliphatic carbocycles. The van der Waals surface area contributed by atoms with Gasteiger partial charge in [-0.2, -0.15) is 0 Å². The van der Waals surface area contributed by atoms with E-state index in [0.29, 0.717) is 6.61 Å². The van der Waals surface area contributed by atoms with Crippen molar-refractivity contribution in [3.8, 4) is 0 Å². The smallest absolute Gasteiger partial charge is 0.325 e. The van der Waals surface area contributed by atoms with Gasteiger partial charge >= 0.3 is 12.0 Å². The number of carbonyl (C=O) groups excluding carboxylic acids is 2. The molecule has 8 nitrogen and oxygen atoms in total. The zero-order valence-corrected chi connectivity index (χ0v) is 11.9. The lowest BCUT2D eigenvalue weighted by Gasteiger charge is -2.35. The maximum absolute atomic E-state index is 12.0. The molecular formula is C12H21N3O5. The number of morpholine rings is 1. The summed E-state index contributed by atoms with van der Waals surface area (Å²) in [5.41, 5.74) is 0. The van der Waals surface area contributed by atoms with Crippen LogP contribution in [0.3, 0.4) is 0 Å². The summed E-state index contributed by atoms with van der Waals surface area (Å²) in [5.74, 6) is -1.44. The molecule has 1 rings (SSSR count). The summed E-state index contributed by atoms with van der Waals surface area (Å²) in [7, 11) is 0. The van der Waals surface area contributed by atoms with Gasteiger partial charge in [0.2, 0.25) is 5.91 Å². The normalized spacial score (nSPS) is 20.4. The number of hydrogen-bond acceptors (Lipinski definition) is 4. The van der Waals surface area contributed by atoms with Crippen LogP contribution in [0.5, 0.6) is 0 Å². The van der Waals surface area contributed by atoms with E-state index in [1.807, 2.05) is 13.8 Å². The molecule has 1 aliphatic rings. The van der Waals surface area contributed by atoms with E-state index in [1.54, 1.807) is 0 Å². The molecule has 8 heteroatoms. The summed E-state index contributed by atoms with van der Waals surface area (Å²) in [6.45, 7) is 5.67. The lowest BCUT2D eigenvalue weighted by Crippen LogP contribution is -2.60. The average Bonchev–Trinajstić information content (AvgIpc) is 2.37. The van der Waals surface area contributed by atoms with Crippen molar-refractivity contribution in [1.29, 1.82) is 0 Å². The molecule has 114 valence electrons. The van der Waals surface area contributed by atoms with Crippen LogP contribution in [0.25, 0.3) is 0 Å². The second-order valence-electron chi connectivity index (χ2n) is 4.96. The third-order valence-electron chi connectivity index (χ3n) is 2.83. The number of nitrogens with zero attached hydrogens (tertiary/aromatic N) is 1. The van der Waals surface area contributed by atoms with Gasteiger partial charge in [-0.05, 0) is 20.8 Å². The first-order valence-electron chi connectivity index (χ1n) is 6.51. The number of nitrogens with one attached hydrogen (secondary N) is 2. The Bertz CT molecular complexity index is 385. The summed E-state index contributed by atoms with van der Waals surface area (Å²) < 4.78 is 5.22. The fourth-order valence-corrected chi connectivity index (χ4v) is 1.77. The zero-order valence-electron chi connectivity index (χ0n) is 11.9. The number of amides is 3. The number of aliphatic carboxylic acids is 1. The Morgan fingerprint density at radius 2 is 1.90 bits per heavy atom. The molecule has 1 unspecified atom stereocenters. The monoisotopic (exact) mass is 287 g/mol. The van der Waals surface area contributed by atoms with Gasteiger partial charge in [0.15, 0.2) is 0 Å². The Morgan fingerprint density at radius 3 is 2.45 bits per heavy atom. The van der Waals surface area contributed by atoms with Gasteiger partial charge < -0.3 is 25.4 Å². The molecule has 0 bridgehead atoms. The summed E-state index contributed by atoms with van der Waals surface area (Å²) in [6.07, 6.45) is 0. The summed E-state index contributed by atoms with van der Waals surface area (Å²) in [4.78, 5) is 36.1. The molecule has 0 aromatic heterocycles. The van der Waals surface area contributed by atoms with Crippen molar-refractivity contribution < 1.29 is 24.2 Å². The lowest BCUT2D eigenvalue weighted by atomic mass is 10.2. The molecule has 3 N–H and O–H groups in total. The standard InChI is InChI=1S/C12H21N3O5/c1-7(2)13-10(16)9-6-20-5-4-15(9)12(19)14-8(3)11(17)18/h7-9H,4-6H2,1-3H3,(H,13,16)(H,14,19)(H,17,18)/t8-,9?/m1/s1. The Labute approximate surface area is 117 Å². The molecule has 3 amide bonds. The molecule has 0 aromatic rings. The van der Waals surface area contributed by atoms with Crippen LogP contribution in [-0.2, 0) is 14.3 Å². The molecule has 20 heavy (non-hydrogen) atoms. The van der Waals surface area contributed by atoms with Crippen LogP contribution in [0.15, 0.2) is 0 Å². The first-order chi connectivity index (χ1) is 9.32.